The van der Waals surface area contributed by atoms with Gasteiger partial charge in [-0.25, -0.2) is 0 Å². The molecule has 0 aromatic heterocycles. The zero-order valence-corrected chi connectivity index (χ0v) is 10.6. The second kappa shape index (κ2) is 7.89. The van der Waals surface area contributed by atoms with Gasteiger partial charge in [-0.3, -0.25) is 0 Å². The Kier molecular flexibility index (Phi) is 8.06. The van der Waals surface area contributed by atoms with Crippen molar-refractivity contribution >= 4 is 15.0 Å². The SMILES string of the molecule is C[Se]CC[C@@H](C)CCC=C(C)C. The molecule has 0 aliphatic carbocycles. The molecule has 0 N–H and O–H groups in total. The molecule has 0 saturated heterocycles. The molecule has 0 radical (unpaired) electrons. The molecule has 0 aromatic rings. The predicted octanol–water partition coefficient (Wildman–Crippen LogP) is 3.93. The summed E-state index contributed by atoms with van der Waals surface area (Å²) in [6, 6.07) is 0. The average Bonchev–Trinajstić information content (AvgIpc) is 2.00. The molecule has 0 aliphatic rings. The minimum absolute atomic E-state index is 0.880. The van der Waals surface area contributed by atoms with E-state index in [-0.39, 0.29) is 0 Å². The Morgan fingerprint density at radius 1 is 1.33 bits per heavy atom. The first-order chi connectivity index (χ1) is 5.66. The normalized spacial score (nSPS) is 12.7. The molecule has 0 rings (SSSR count). The van der Waals surface area contributed by atoms with Crippen LogP contribution in [0.5, 0.6) is 0 Å². The van der Waals surface area contributed by atoms with Crippen LogP contribution in [-0.2, 0) is 0 Å². The Balaban J connectivity index is 3.31. The van der Waals surface area contributed by atoms with Gasteiger partial charge in [-0.15, -0.1) is 0 Å². The molecule has 0 aromatic carbocycles. The number of hydrogen-bond donors (Lipinski definition) is 0. The minimum atomic E-state index is 0.880. The number of allylic oxidation sites excluding steroid dienone is 2. The third-order valence-electron chi connectivity index (χ3n) is 2.03. The van der Waals surface area contributed by atoms with Gasteiger partial charge in [0.15, 0.2) is 0 Å². The van der Waals surface area contributed by atoms with Crippen molar-refractivity contribution < 1.29 is 0 Å². The van der Waals surface area contributed by atoms with Crippen LogP contribution in [0.3, 0.4) is 0 Å². The van der Waals surface area contributed by atoms with Crippen LogP contribution in [-0.4, -0.2) is 15.0 Å². The van der Waals surface area contributed by atoms with E-state index in [0.717, 1.165) is 20.9 Å². The fourth-order valence-corrected chi connectivity index (χ4v) is 2.46. The second-order valence-electron chi connectivity index (χ2n) is 3.75. The summed E-state index contributed by atoms with van der Waals surface area (Å²) in [4.78, 5) is 0. The monoisotopic (exact) mass is 234 g/mol. The molecule has 0 amide bonds. The second-order valence-corrected chi connectivity index (χ2v) is 5.81. The van der Waals surface area contributed by atoms with E-state index in [1.54, 1.807) is 0 Å². The van der Waals surface area contributed by atoms with Crippen LogP contribution < -0.4 is 0 Å². The predicted molar refractivity (Wildman–Crippen MR) is 58.9 cm³/mol. The Labute approximate surface area is 84.0 Å². The van der Waals surface area contributed by atoms with Gasteiger partial charge in [0.2, 0.25) is 0 Å². The van der Waals surface area contributed by atoms with Crippen molar-refractivity contribution in [1.82, 2.24) is 0 Å². The van der Waals surface area contributed by atoms with Crippen LogP contribution in [0.15, 0.2) is 11.6 Å². The van der Waals surface area contributed by atoms with Gasteiger partial charge < -0.3 is 0 Å². The molecule has 1 atom stereocenters. The van der Waals surface area contributed by atoms with Crippen molar-refractivity contribution in [3.8, 4) is 0 Å². The third kappa shape index (κ3) is 8.36. The Hall–Kier alpha value is 0.259. The van der Waals surface area contributed by atoms with Crippen molar-refractivity contribution in [2.45, 2.75) is 51.2 Å². The van der Waals surface area contributed by atoms with E-state index < -0.39 is 0 Å². The quantitative estimate of drug-likeness (QED) is 0.481. The van der Waals surface area contributed by atoms with Crippen molar-refractivity contribution in [2.75, 3.05) is 0 Å². The number of hydrogen-bond acceptors (Lipinski definition) is 0. The van der Waals surface area contributed by atoms with Gasteiger partial charge >= 0.3 is 83.7 Å². The Bertz CT molecular complexity index is 123. The van der Waals surface area contributed by atoms with E-state index in [9.17, 15) is 0 Å². The summed E-state index contributed by atoms with van der Waals surface area (Å²) in [6.45, 7) is 6.74. The fourth-order valence-electron chi connectivity index (χ4n) is 1.12. The van der Waals surface area contributed by atoms with Gasteiger partial charge in [-0.2, -0.15) is 0 Å². The molecule has 0 aliphatic heterocycles. The van der Waals surface area contributed by atoms with Gasteiger partial charge in [0.1, 0.15) is 0 Å². The molecule has 0 heterocycles. The molecule has 0 fully saturated rings. The van der Waals surface area contributed by atoms with Gasteiger partial charge in [-0.1, -0.05) is 0 Å². The van der Waals surface area contributed by atoms with Crippen molar-refractivity contribution in [3.05, 3.63) is 11.6 Å². The first-order valence-corrected chi connectivity index (χ1v) is 7.71. The van der Waals surface area contributed by atoms with E-state index in [4.69, 9.17) is 0 Å². The summed E-state index contributed by atoms with van der Waals surface area (Å²) >= 11 is 0.880. The first-order valence-electron chi connectivity index (χ1n) is 4.79. The van der Waals surface area contributed by atoms with E-state index in [0.29, 0.717) is 0 Å². The molecule has 0 spiro atoms. The van der Waals surface area contributed by atoms with Crippen LogP contribution >= 0.6 is 0 Å². The van der Waals surface area contributed by atoms with Crippen molar-refractivity contribution in [1.29, 1.82) is 0 Å². The first kappa shape index (κ1) is 12.3. The standard InChI is InChI=1S/C11H22Se/c1-10(2)6-5-7-11(3)8-9-12-4/h6,11H,5,7-9H2,1-4H3/t11-/m0/s1. The summed E-state index contributed by atoms with van der Waals surface area (Å²) in [7, 11) is 0. The third-order valence-corrected chi connectivity index (χ3v) is 3.38. The molecular formula is C11H22Se. The zero-order valence-electron chi connectivity index (χ0n) is 8.89. The summed E-state index contributed by atoms with van der Waals surface area (Å²) < 4.78 is 0. The Morgan fingerprint density at radius 2 is 2.00 bits per heavy atom. The average molecular weight is 233 g/mol. The molecule has 12 heavy (non-hydrogen) atoms. The van der Waals surface area contributed by atoms with E-state index in [2.05, 4.69) is 32.7 Å². The molecule has 0 saturated carbocycles. The molecule has 0 bridgehead atoms. The van der Waals surface area contributed by atoms with Crippen molar-refractivity contribution in [3.63, 3.8) is 0 Å². The van der Waals surface area contributed by atoms with Crippen molar-refractivity contribution in [2.24, 2.45) is 5.92 Å². The van der Waals surface area contributed by atoms with Gasteiger partial charge in [0.25, 0.3) is 0 Å². The summed E-state index contributed by atoms with van der Waals surface area (Å²) in [5, 5.41) is 1.46. The van der Waals surface area contributed by atoms with Gasteiger partial charge in [-0.05, 0) is 0 Å². The molecule has 72 valence electrons. The van der Waals surface area contributed by atoms with Crippen LogP contribution in [0.4, 0.5) is 0 Å². The van der Waals surface area contributed by atoms with Crippen LogP contribution in [0, 0.1) is 5.92 Å². The molecular weight excluding hydrogens is 211 g/mol. The topological polar surface area (TPSA) is 0 Å². The summed E-state index contributed by atoms with van der Waals surface area (Å²) in [5.41, 5.74) is 1.46. The Morgan fingerprint density at radius 3 is 2.50 bits per heavy atom. The van der Waals surface area contributed by atoms with E-state index in [1.165, 1.54) is 30.2 Å². The molecule has 0 unspecified atom stereocenters. The summed E-state index contributed by atoms with van der Waals surface area (Å²) in [5.74, 6) is 3.26. The van der Waals surface area contributed by atoms with Crippen LogP contribution in [0.1, 0.15) is 40.0 Å². The number of rotatable bonds is 6. The van der Waals surface area contributed by atoms with E-state index >= 15 is 0 Å². The maximum atomic E-state index is 2.38. The molecule has 0 nitrogen and oxygen atoms in total. The van der Waals surface area contributed by atoms with Crippen LogP contribution in [0.2, 0.25) is 11.1 Å². The van der Waals surface area contributed by atoms with Gasteiger partial charge in [0.05, 0.1) is 0 Å². The summed E-state index contributed by atoms with van der Waals surface area (Å²) in [6.07, 6.45) is 6.45. The molecule has 1 heteroatoms. The van der Waals surface area contributed by atoms with Gasteiger partial charge in [0, 0.05) is 0 Å². The maximum absolute atomic E-state index is 2.38. The van der Waals surface area contributed by atoms with E-state index in [1.807, 2.05) is 0 Å². The van der Waals surface area contributed by atoms with Crippen LogP contribution in [0.25, 0.3) is 0 Å². The zero-order chi connectivity index (χ0) is 9.40. The fraction of sp³-hybridized carbons (Fsp3) is 0.818.